The van der Waals surface area contributed by atoms with Gasteiger partial charge in [0.1, 0.15) is 11.4 Å². The van der Waals surface area contributed by atoms with Crippen LogP contribution in [-0.2, 0) is 9.47 Å². The molecule has 2 aliphatic rings. The second kappa shape index (κ2) is 5.40. The number of hydrogen-bond acceptors (Lipinski definition) is 5. The molecular weight excluding hydrogens is 256 g/mol. The first-order valence-electron chi connectivity index (χ1n) is 7.19. The van der Waals surface area contributed by atoms with Gasteiger partial charge in [0.05, 0.1) is 6.61 Å². The van der Waals surface area contributed by atoms with E-state index in [9.17, 15) is 4.79 Å². The first kappa shape index (κ1) is 13.4. The SMILES string of the molecule is CCOC(=O)c1cccnc1N1CC2(CCOCC2)C1. The van der Waals surface area contributed by atoms with Crippen molar-refractivity contribution in [2.45, 2.75) is 19.8 Å². The fourth-order valence-corrected chi connectivity index (χ4v) is 3.05. The van der Waals surface area contributed by atoms with Gasteiger partial charge in [-0.2, -0.15) is 0 Å². The van der Waals surface area contributed by atoms with Gasteiger partial charge >= 0.3 is 5.97 Å². The zero-order valence-electron chi connectivity index (χ0n) is 11.8. The Morgan fingerprint density at radius 3 is 2.90 bits per heavy atom. The molecule has 1 aromatic heterocycles. The maximum absolute atomic E-state index is 12.0. The van der Waals surface area contributed by atoms with Crippen molar-refractivity contribution in [2.24, 2.45) is 5.41 Å². The van der Waals surface area contributed by atoms with Crippen LogP contribution in [0.4, 0.5) is 5.82 Å². The number of pyridine rings is 1. The van der Waals surface area contributed by atoms with Crippen LogP contribution in [0.5, 0.6) is 0 Å². The summed E-state index contributed by atoms with van der Waals surface area (Å²) in [5.74, 6) is 0.464. The van der Waals surface area contributed by atoms with Gasteiger partial charge in [-0.25, -0.2) is 9.78 Å². The number of rotatable bonds is 3. The molecule has 0 unspecified atom stereocenters. The number of aromatic nitrogens is 1. The monoisotopic (exact) mass is 276 g/mol. The third-order valence-electron chi connectivity index (χ3n) is 4.19. The summed E-state index contributed by atoms with van der Waals surface area (Å²) in [5.41, 5.74) is 0.929. The molecule has 20 heavy (non-hydrogen) atoms. The lowest BCUT2D eigenvalue weighted by Gasteiger charge is -2.53. The van der Waals surface area contributed by atoms with E-state index in [0.29, 0.717) is 17.6 Å². The van der Waals surface area contributed by atoms with Gasteiger partial charge in [0.2, 0.25) is 0 Å². The third-order valence-corrected chi connectivity index (χ3v) is 4.19. The van der Waals surface area contributed by atoms with Crippen LogP contribution in [0.3, 0.4) is 0 Å². The van der Waals surface area contributed by atoms with E-state index >= 15 is 0 Å². The van der Waals surface area contributed by atoms with E-state index in [0.717, 1.165) is 45.0 Å². The lowest BCUT2D eigenvalue weighted by molar-refractivity contribution is -0.000610. The number of ether oxygens (including phenoxy) is 2. The highest BCUT2D eigenvalue weighted by atomic mass is 16.5. The average Bonchev–Trinajstić information content (AvgIpc) is 2.46. The van der Waals surface area contributed by atoms with Gasteiger partial charge in [0.25, 0.3) is 0 Å². The molecule has 5 nitrogen and oxygen atoms in total. The second-order valence-corrected chi connectivity index (χ2v) is 5.56. The minimum absolute atomic E-state index is 0.288. The molecule has 0 N–H and O–H groups in total. The van der Waals surface area contributed by atoms with Crippen LogP contribution in [0.15, 0.2) is 18.3 Å². The molecule has 2 aliphatic heterocycles. The predicted octanol–water partition coefficient (Wildman–Crippen LogP) is 1.88. The molecule has 0 radical (unpaired) electrons. The quantitative estimate of drug-likeness (QED) is 0.789. The molecule has 0 amide bonds. The van der Waals surface area contributed by atoms with Crippen LogP contribution in [0.1, 0.15) is 30.1 Å². The van der Waals surface area contributed by atoms with Crippen molar-refractivity contribution < 1.29 is 14.3 Å². The molecule has 0 atom stereocenters. The van der Waals surface area contributed by atoms with E-state index < -0.39 is 0 Å². The molecule has 3 rings (SSSR count). The second-order valence-electron chi connectivity index (χ2n) is 5.56. The number of anilines is 1. The van der Waals surface area contributed by atoms with Crippen molar-refractivity contribution in [2.75, 3.05) is 37.8 Å². The Balaban J connectivity index is 1.74. The molecule has 2 saturated heterocycles. The smallest absolute Gasteiger partial charge is 0.341 e. The van der Waals surface area contributed by atoms with Crippen LogP contribution in [0.25, 0.3) is 0 Å². The van der Waals surface area contributed by atoms with E-state index in [1.165, 1.54) is 0 Å². The molecule has 1 spiro atoms. The lowest BCUT2D eigenvalue weighted by Crippen LogP contribution is -2.59. The third kappa shape index (κ3) is 2.38. The Kier molecular flexibility index (Phi) is 3.61. The highest BCUT2D eigenvalue weighted by Crippen LogP contribution is 2.42. The van der Waals surface area contributed by atoms with Crippen LogP contribution >= 0.6 is 0 Å². The van der Waals surface area contributed by atoms with Crippen molar-refractivity contribution >= 4 is 11.8 Å². The molecule has 0 saturated carbocycles. The van der Waals surface area contributed by atoms with Crippen molar-refractivity contribution in [3.8, 4) is 0 Å². The summed E-state index contributed by atoms with van der Waals surface area (Å²) in [7, 11) is 0. The topological polar surface area (TPSA) is 51.7 Å². The molecule has 0 bridgehead atoms. The Bertz CT molecular complexity index is 490. The number of nitrogens with zero attached hydrogens (tertiary/aromatic N) is 2. The zero-order chi connectivity index (χ0) is 14.0. The molecule has 108 valence electrons. The van der Waals surface area contributed by atoms with Gasteiger partial charge < -0.3 is 14.4 Å². The number of hydrogen-bond donors (Lipinski definition) is 0. The van der Waals surface area contributed by atoms with Crippen LogP contribution in [0, 0.1) is 5.41 Å². The Labute approximate surface area is 118 Å². The van der Waals surface area contributed by atoms with Crippen LogP contribution < -0.4 is 4.90 Å². The van der Waals surface area contributed by atoms with Gasteiger partial charge in [0.15, 0.2) is 0 Å². The maximum Gasteiger partial charge on any atom is 0.341 e. The van der Waals surface area contributed by atoms with Crippen molar-refractivity contribution in [1.29, 1.82) is 0 Å². The van der Waals surface area contributed by atoms with E-state index in [4.69, 9.17) is 9.47 Å². The van der Waals surface area contributed by atoms with Gasteiger partial charge in [-0.1, -0.05) is 0 Å². The zero-order valence-corrected chi connectivity index (χ0v) is 11.8. The van der Waals surface area contributed by atoms with E-state index in [-0.39, 0.29) is 5.97 Å². The van der Waals surface area contributed by atoms with Crippen molar-refractivity contribution in [1.82, 2.24) is 4.98 Å². The van der Waals surface area contributed by atoms with E-state index in [1.54, 1.807) is 18.3 Å². The first-order valence-corrected chi connectivity index (χ1v) is 7.19. The number of esters is 1. The van der Waals surface area contributed by atoms with Crippen LogP contribution in [-0.4, -0.2) is 43.9 Å². The Morgan fingerprint density at radius 1 is 1.45 bits per heavy atom. The standard InChI is InChI=1S/C15H20N2O3/c1-2-20-14(18)12-4-3-7-16-13(12)17-10-15(11-17)5-8-19-9-6-15/h3-4,7H,2,5-6,8-11H2,1H3. The largest absolute Gasteiger partial charge is 0.462 e. The summed E-state index contributed by atoms with van der Waals surface area (Å²) in [6.07, 6.45) is 3.93. The van der Waals surface area contributed by atoms with Crippen LogP contribution in [0.2, 0.25) is 0 Å². The summed E-state index contributed by atoms with van der Waals surface area (Å²) < 4.78 is 10.5. The minimum atomic E-state index is -0.288. The molecular formula is C15H20N2O3. The summed E-state index contributed by atoms with van der Waals surface area (Å²) in [5, 5.41) is 0. The highest BCUT2D eigenvalue weighted by Gasteiger charge is 2.45. The van der Waals surface area contributed by atoms with E-state index in [1.807, 2.05) is 6.92 Å². The fourth-order valence-electron chi connectivity index (χ4n) is 3.05. The summed E-state index contributed by atoms with van der Waals surface area (Å²) in [4.78, 5) is 18.5. The lowest BCUT2D eigenvalue weighted by atomic mass is 9.73. The van der Waals surface area contributed by atoms with Gasteiger partial charge in [0, 0.05) is 37.9 Å². The Morgan fingerprint density at radius 2 is 2.20 bits per heavy atom. The highest BCUT2D eigenvalue weighted by molar-refractivity contribution is 5.95. The summed E-state index contributed by atoms with van der Waals surface area (Å²) in [6, 6.07) is 3.56. The number of carbonyl (C=O) groups is 1. The fraction of sp³-hybridized carbons (Fsp3) is 0.600. The molecule has 1 aromatic rings. The van der Waals surface area contributed by atoms with Gasteiger partial charge in [-0.05, 0) is 31.9 Å². The minimum Gasteiger partial charge on any atom is -0.462 e. The molecule has 0 aliphatic carbocycles. The van der Waals surface area contributed by atoms with Gasteiger partial charge in [-0.3, -0.25) is 0 Å². The predicted molar refractivity (Wildman–Crippen MR) is 74.9 cm³/mol. The Hall–Kier alpha value is -1.62. The average molecular weight is 276 g/mol. The summed E-state index contributed by atoms with van der Waals surface area (Å²) in [6.45, 7) is 5.81. The van der Waals surface area contributed by atoms with Crippen molar-refractivity contribution in [3.63, 3.8) is 0 Å². The first-order chi connectivity index (χ1) is 9.74. The summed E-state index contributed by atoms with van der Waals surface area (Å²) >= 11 is 0. The number of carbonyl (C=O) groups excluding carboxylic acids is 1. The van der Waals surface area contributed by atoms with E-state index in [2.05, 4.69) is 9.88 Å². The molecule has 0 aromatic carbocycles. The molecule has 3 heterocycles. The van der Waals surface area contributed by atoms with Crippen molar-refractivity contribution in [3.05, 3.63) is 23.9 Å². The van der Waals surface area contributed by atoms with Gasteiger partial charge in [-0.15, -0.1) is 0 Å². The molecule has 2 fully saturated rings. The normalized spacial score (nSPS) is 20.6. The molecule has 5 heteroatoms. The maximum atomic E-state index is 12.0.